The molecule has 5 unspecified atom stereocenters. The molecule has 0 spiro atoms. The van der Waals surface area contributed by atoms with Crippen LogP contribution in [0.4, 0.5) is 20.2 Å². The molecule has 0 radical (unpaired) electrons. The van der Waals surface area contributed by atoms with Crippen molar-refractivity contribution in [3.63, 3.8) is 0 Å². The van der Waals surface area contributed by atoms with Gasteiger partial charge in [-0.1, -0.05) is 18.2 Å². The van der Waals surface area contributed by atoms with Gasteiger partial charge in [-0.2, -0.15) is 0 Å². The van der Waals surface area contributed by atoms with Crippen LogP contribution in [0, 0.1) is 5.82 Å². The Morgan fingerprint density at radius 3 is 2.76 bits per heavy atom. The minimum atomic E-state index is -1.12. The van der Waals surface area contributed by atoms with Crippen molar-refractivity contribution < 1.29 is 8.78 Å². The lowest BCUT2D eigenvalue weighted by atomic mass is 9.88. The van der Waals surface area contributed by atoms with Gasteiger partial charge in [-0.05, 0) is 48.2 Å². The van der Waals surface area contributed by atoms with Crippen LogP contribution in [0.25, 0.3) is 0 Å². The Morgan fingerprint density at radius 1 is 1.18 bits per heavy atom. The second kappa shape index (κ2) is 8.48. The molecule has 174 valence electrons. The summed E-state index contributed by atoms with van der Waals surface area (Å²) in [6.45, 7) is 2.91. The summed E-state index contributed by atoms with van der Waals surface area (Å²) in [5, 5.41) is 2.05. The summed E-state index contributed by atoms with van der Waals surface area (Å²) in [5.41, 5.74) is 19.6. The number of alkyl halides is 1. The fourth-order valence-electron chi connectivity index (χ4n) is 4.71. The maximum atomic E-state index is 14.4. The van der Waals surface area contributed by atoms with E-state index in [2.05, 4.69) is 28.4 Å². The van der Waals surface area contributed by atoms with Crippen molar-refractivity contribution in [3.8, 4) is 0 Å². The third-order valence-corrected chi connectivity index (χ3v) is 6.93. The molecule has 2 aromatic rings. The summed E-state index contributed by atoms with van der Waals surface area (Å²) in [7, 11) is 2.00. The van der Waals surface area contributed by atoms with E-state index in [4.69, 9.17) is 16.5 Å². The van der Waals surface area contributed by atoms with E-state index in [1.165, 1.54) is 11.6 Å². The van der Waals surface area contributed by atoms with E-state index in [1.54, 1.807) is 12.1 Å². The number of benzene rings is 2. The molecule has 3 aliphatic heterocycles. The van der Waals surface area contributed by atoms with Gasteiger partial charge in [0.2, 0.25) is 0 Å². The molecule has 0 saturated carbocycles. The molecule has 3 heterocycles. The van der Waals surface area contributed by atoms with Crippen LogP contribution in [0.1, 0.15) is 42.0 Å². The summed E-state index contributed by atoms with van der Waals surface area (Å²) >= 11 is 0. The van der Waals surface area contributed by atoms with Gasteiger partial charge in [0.15, 0.2) is 6.29 Å². The number of hydrogen-bond donors (Lipinski definition) is 3. The highest BCUT2D eigenvalue weighted by Crippen LogP contribution is 2.37. The topological polar surface area (TPSA) is 95.3 Å². The number of fused-ring (bicyclic) bond motifs is 1. The lowest BCUT2D eigenvalue weighted by Gasteiger charge is -2.36. The predicted molar refractivity (Wildman–Crippen MR) is 128 cm³/mol. The Bertz CT molecular complexity index is 1120. The summed E-state index contributed by atoms with van der Waals surface area (Å²) in [6, 6.07) is 10.7. The van der Waals surface area contributed by atoms with E-state index in [1.807, 2.05) is 30.3 Å². The summed E-state index contributed by atoms with van der Waals surface area (Å²) < 4.78 is 28.7. The number of likely N-dealkylation sites (tertiary alicyclic amines) is 1. The number of piperidine rings is 1. The summed E-state index contributed by atoms with van der Waals surface area (Å²) in [6.07, 6.45) is 0.702. The van der Waals surface area contributed by atoms with Crippen LogP contribution in [-0.2, 0) is 0 Å². The van der Waals surface area contributed by atoms with Gasteiger partial charge >= 0.3 is 0 Å². The van der Waals surface area contributed by atoms with Crippen LogP contribution in [0.15, 0.2) is 46.4 Å². The molecule has 2 aromatic carbocycles. The average molecular weight is 454 g/mol. The molecule has 3 aliphatic rings. The zero-order chi connectivity index (χ0) is 23.3. The Balaban J connectivity index is 1.53. The van der Waals surface area contributed by atoms with Crippen LogP contribution >= 0.6 is 0 Å². The standard InChI is InChI=1S/C24H29F2N7/c1-13-16-9-14(4-6-22(16)31-32(13)2)17-11-29-24(33-8-7-21(28)19(26)12-33)30-23(17)15-3-5-20(27)18(25)10-15/h3-6,9-11,13,17,19,21,24,31H,7-8,12,27-28H2,1-2H3. The van der Waals surface area contributed by atoms with Crippen molar-refractivity contribution in [3.05, 3.63) is 58.9 Å². The van der Waals surface area contributed by atoms with Crippen molar-refractivity contribution in [2.75, 3.05) is 31.3 Å². The smallest absolute Gasteiger partial charge is 0.196 e. The zero-order valence-corrected chi connectivity index (χ0v) is 18.7. The molecule has 33 heavy (non-hydrogen) atoms. The van der Waals surface area contributed by atoms with E-state index in [0.717, 1.165) is 11.3 Å². The Morgan fingerprint density at radius 2 is 2.00 bits per heavy atom. The number of nitrogens with one attached hydrogen (secondary N) is 1. The highest BCUT2D eigenvalue weighted by molar-refractivity contribution is 6.14. The summed E-state index contributed by atoms with van der Waals surface area (Å²) in [4.78, 5) is 11.5. The fraction of sp³-hybridized carbons (Fsp3) is 0.417. The van der Waals surface area contributed by atoms with Crippen LogP contribution in [-0.4, -0.2) is 60.5 Å². The third kappa shape index (κ3) is 4.01. The SMILES string of the molecule is CC1c2cc(C3C=NC(N4CCC(N)C(F)C4)N=C3c3ccc(N)c(F)c3)ccc2NN1C. The molecule has 9 heteroatoms. The lowest BCUT2D eigenvalue weighted by Crippen LogP contribution is -2.51. The second-order valence-electron chi connectivity index (χ2n) is 9.08. The van der Waals surface area contributed by atoms with Crippen LogP contribution in [0.2, 0.25) is 0 Å². The highest BCUT2D eigenvalue weighted by atomic mass is 19.1. The number of hydrogen-bond acceptors (Lipinski definition) is 7. The molecule has 0 amide bonds. The Hall–Kier alpha value is -2.88. The number of hydrazine groups is 1. The molecular formula is C24H29F2N7. The maximum Gasteiger partial charge on any atom is 0.196 e. The summed E-state index contributed by atoms with van der Waals surface area (Å²) in [5.74, 6) is -0.755. The van der Waals surface area contributed by atoms with E-state index >= 15 is 0 Å². The minimum absolute atomic E-state index is 0.0858. The quantitative estimate of drug-likeness (QED) is 0.621. The van der Waals surface area contributed by atoms with E-state index in [-0.39, 0.29) is 24.2 Å². The molecule has 5 N–H and O–H groups in total. The first-order valence-electron chi connectivity index (χ1n) is 11.2. The van der Waals surface area contributed by atoms with E-state index in [9.17, 15) is 8.78 Å². The van der Waals surface area contributed by atoms with Gasteiger partial charge in [0.05, 0.1) is 29.0 Å². The largest absolute Gasteiger partial charge is 0.396 e. The van der Waals surface area contributed by atoms with Gasteiger partial charge in [-0.3, -0.25) is 9.89 Å². The van der Waals surface area contributed by atoms with Crippen molar-refractivity contribution >= 4 is 23.3 Å². The lowest BCUT2D eigenvalue weighted by molar-refractivity contribution is 0.0891. The minimum Gasteiger partial charge on any atom is -0.396 e. The predicted octanol–water partition coefficient (Wildman–Crippen LogP) is 3.05. The van der Waals surface area contributed by atoms with Crippen molar-refractivity contribution in [1.82, 2.24) is 9.91 Å². The molecule has 1 saturated heterocycles. The molecule has 1 fully saturated rings. The number of nitrogens with zero attached hydrogens (tertiary/aromatic N) is 4. The molecule has 5 atom stereocenters. The number of nitrogen functional groups attached to an aromatic ring is 1. The van der Waals surface area contributed by atoms with Gasteiger partial charge in [-0.25, -0.2) is 18.8 Å². The number of rotatable bonds is 3. The fourth-order valence-corrected chi connectivity index (χ4v) is 4.71. The third-order valence-electron chi connectivity index (χ3n) is 6.93. The van der Waals surface area contributed by atoms with Crippen LogP contribution in [0.3, 0.4) is 0 Å². The van der Waals surface area contributed by atoms with Crippen LogP contribution < -0.4 is 16.9 Å². The highest BCUT2D eigenvalue weighted by Gasteiger charge is 2.34. The van der Waals surface area contributed by atoms with Gasteiger partial charge in [0.25, 0.3) is 0 Å². The molecule has 7 nitrogen and oxygen atoms in total. The molecule has 5 rings (SSSR count). The number of anilines is 2. The van der Waals surface area contributed by atoms with Gasteiger partial charge in [0.1, 0.15) is 12.0 Å². The van der Waals surface area contributed by atoms with E-state index < -0.39 is 24.3 Å². The zero-order valence-electron chi connectivity index (χ0n) is 18.7. The monoisotopic (exact) mass is 453 g/mol. The normalized spacial score (nSPS) is 30.1. The van der Waals surface area contributed by atoms with Crippen molar-refractivity contribution in [1.29, 1.82) is 0 Å². The molecule has 0 bridgehead atoms. The Kier molecular flexibility index (Phi) is 5.64. The van der Waals surface area contributed by atoms with Gasteiger partial charge in [0, 0.05) is 32.4 Å². The van der Waals surface area contributed by atoms with Crippen LogP contribution in [0.5, 0.6) is 0 Å². The molecule has 0 aromatic heterocycles. The number of halogens is 2. The van der Waals surface area contributed by atoms with Gasteiger partial charge < -0.3 is 16.9 Å². The van der Waals surface area contributed by atoms with E-state index in [0.29, 0.717) is 24.2 Å². The average Bonchev–Trinajstić information content (AvgIpc) is 3.10. The van der Waals surface area contributed by atoms with Gasteiger partial charge in [-0.15, -0.1) is 0 Å². The first-order chi connectivity index (χ1) is 15.8. The number of nitrogens with two attached hydrogens (primary N) is 2. The van der Waals surface area contributed by atoms with Crippen molar-refractivity contribution in [2.45, 2.75) is 43.8 Å². The first kappa shape index (κ1) is 21.9. The number of aliphatic imine (C=N–C) groups is 2. The second-order valence-corrected chi connectivity index (χ2v) is 9.08. The Labute approximate surface area is 192 Å². The van der Waals surface area contributed by atoms with Crippen molar-refractivity contribution in [2.24, 2.45) is 15.7 Å². The molecule has 0 aliphatic carbocycles. The molecular weight excluding hydrogens is 424 g/mol. The maximum absolute atomic E-state index is 14.4. The first-order valence-corrected chi connectivity index (χ1v) is 11.2.